The zero-order valence-electron chi connectivity index (χ0n) is 13.5. The zero-order chi connectivity index (χ0) is 15.8. The Morgan fingerprint density at radius 1 is 1.33 bits per heavy atom. The molecule has 2 aliphatic heterocycles. The van der Waals surface area contributed by atoms with Crippen LogP contribution in [0.3, 0.4) is 0 Å². The van der Waals surface area contributed by atoms with Gasteiger partial charge in [0.1, 0.15) is 17.8 Å². The molecule has 2 fully saturated rings. The first-order valence-corrected chi connectivity index (χ1v) is 7.05. The Labute approximate surface area is 125 Å². The highest BCUT2D eigenvalue weighted by atomic mass is 16.8. The van der Waals surface area contributed by atoms with Crippen LogP contribution in [0.25, 0.3) is 0 Å². The van der Waals surface area contributed by atoms with Crippen molar-refractivity contribution in [2.45, 2.75) is 64.5 Å². The Balaban J connectivity index is 2.16. The lowest BCUT2D eigenvalue weighted by Gasteiger charge is -2.32. The second kappa shape index (κ2) is 5.68. The molecule has 0 saturated carbocycles. The van der Waals surface area contributed by atoms with Gasteiger partial charge in [-0.25, -0.2) is 4.79 Å². The molecule has 2 aliphatic rings. The van der Waals surface area contributed by atoms with Crippen LogP contribution in [0.4, 0.5) is 0 Å². The Bertz CT molecular complexity index is 434. The van der Waals surface area contributed by atoms with E-state index in [2.05, 4.69) is 0 Å². The van der Waals surface area contributed by atoms with E-state index in [9.17, 15) is 4.79 Å². The molecule has 0 aromatic carbocycles. The zero-order valence-corrected chi connectivity index (χ0v) is 13.5. The summed E-state index contributed by atoms with van der Waals surface area (Å²) in [6.45, 7) is 9.36. The molecule has 0 bridgehead atoms. The van der Waals surface area contributed by atoms with Crippen LogP contribution in [0.15, 0.2) is 11.6 Å². The molecule has 120 valence electrons. The molecule has 0 N–H and O–H groups in total. The van der Waals surface area contributed by atoms with Crippen molar-refractivity contribution in [3.05, 3.63) is 11.6 Å². The van der Waals surface area contributed by atoms with Crippen molar-refractivity contribution in [3.63, 3.8) is 0 Å². The number of ether oxygens (including phenoxy) is 5. The SMILES string of the molecule is CO[C@H]1OC/C(=C/C(=O)OC(C)(C)C)[C@@H]2OC(C)(C)O[C@H]12. The fourth-order valence-corrected chi connectivity index (χ4v) is 2.44. The van der Waals surface area contributed by atoms with E-state index in [0.717, 1.165) is 0 Å². The van der Waals surface area contributed by atoms with Gasteiger partial charge >= 0.3 is 5.97 Å². The standard InChI is InChI=1S/C15H24O6/c1-14(2,3)19-10(16)7-9-8-18-13(17-6)12-11(9)20-15(4,5)21-12/h7,11-13H,8H2,1-6H3/b9-7-/t11-,12-,13-/m0/s1. The van der Waals surface area contributed by atoms with Crippen LogP contribution in [0.5, 0.6) is 0 Å². The summed E-state index contributed by atoms with van der Waals surface area (Å²) in [5.41, 5.74) is 0.165. The van der Waals surface area contributed by atoms with Crippen LogP contribution in [0, 0.1) is 0 Å². The van der Waals surface area contributed by atoms with E-state index in [1.807, 2.05) is 34.6 Å². The van der Waals surface area contributed by atoms with E-state index >= 15 is 0 Å². The predicted molar refractivity (Wildman–Crippen MR) is 74.5 cm³/mol. The summed E-state index contributed by atoms with van der Waals surface area (Å²) in [4.78, 5) is 11.9. The molecule has 0 aromatic rings. The van der Waals surface area contributed by atoms with Crippen molar-refractivity contribution in [2.75, 3.05) is 13.7 Å². The molecule has 0 radical (unpaired) electrons. The number of carbonyl (C=O) groups excluding carboxylic acids is 1. The molecule has 2 heterocycles. The second-order valence-electron chi connectivity index (χ2n) is 6.69. The van der Waals surface area contributed by atoms with Gasteiger partial charge in [0.05, 0.1) is 6.61 Å². The number of methoxy groups -OCH3 is 1. The Kier molecular flexibility index (Phi) is 4.44. The second-order valence-corrected chi connectivity index (χ2v) is 6.69. The van der Waals surface area contributed by atoms with Crippen molar-refractivity contribution in [2.24, 2.45) is 0 Å². The van der Waals surface area contributed by atoms with Gasteiger partial charge in [0.25, 0.3) is 0 Å². The minimum atomic E-state index is -0.743. The summed E-state index contributed by atoms with van der Waals surface area (Å²) in [5.74, 6) is -1.16. The molecule has 0 aromatic heterocycles. The number of esters is 1. The molecular weight excluding hydrogens is 276 g/mol. The molecule has 0 spiro atoms. The van der Waals surface area contributed by atoms with E-state index < -0.39 is 29.8 Å². The third-order valence-electron chi connectivity index (χ3n) is 3.12. The maximum absolute atomic E-state index is 11.9. The lowest BCUT2D eigenvalue weighted by Crippen LogP contribution is -2.45. The first-order valence-electron chi connectivity index (χ1n) is 7.05. The Morgan fingerprint density at radius 2 is 2.00 bits per heavy atom. The predicted octanol–water partition coefficient (Wildman–Crippen LogP) is 1.78. The molecule has 21 heavy (non-hydrogen) atoms. The van der Waals surface area contributed by atoms with Gasteiger partial charge in [-0.15, -0.1) is 0 Å². The first kappa shape index (κ1) is 16.4. The highest BCUT2D eigenvalue weighted by Gasteiger charge is 2.50. The van der Waals surface area contributed by atoms with Crippen LogP contribution >= 0.6 is 0 Å². The summed E-state index contributed by atoms with van der Waals surface area (Å²) >= 11 is 0. The highest BCUT2D eigenvalue weighted by molar-refractivity contribution is 5.83. The molecule has 2 saturated heterocycles. The molecule has 6 heteroatoms. The summed E-state index contributed by atoms with van der Waals surface area (Å²) in [6.07, 6.45) is 0.158. The number of rotatable bonds is 2. The van der Waals surface area contributed by atoms with Crippen LogP contribution in [-0.4, -0.2) is 49.6 Å². The minimum Gasteiger partial charge on any atom is -0.457 e. The lowest BCUT2D eigenvalue weighted by atomic mass is 10.0. The van der Waals surface area contributed by atoms with Crippen molar-refractivity contribution in [1.82, 2.24) is 0 Å². The number of fused-ring (bicyclic) bond motifs is 1. The van der Waals surface area contributed by atoms with Gasteiger partial charge < -0.3 is 23.7 Å². The summed E-state index contributed by atoms with van der Waals surface area (Å²) in [7, 11) is 1.55. The maximum Gasteiger partial charge on any atom is 0.331 e. The highest BCUT2D eigenvalue weighted by Crippen LogP contribution is 2.37. The summed E-state index contributed by atoms with van der Waals surface area (Å²) in [6, 6.07) is 0. The summed E-state index contributed by atoms with van der Waals surface area (Å²) < 4.78 is 27.8. The summed E-state index contributed by atoms with van der Waals surface area (Å²) in [5, 5.41) is 0. The molecule has 3 atom stereocenters. The normalized spacial score (nSPS) is 33.8. The maximum atomic E-state index is 11.9. The fourth-order valence-electron chi connectivity index (χ4n) is 2.44. The van der Waals surface area contributed by atoms with Gasteiger partial charge in [-0.05, 0) is 40.2 Å². The van der Waals surface area contributed by atoms with Crippen molar-refractivity contribution < 1.29 is 28.5 Å². The Hall–Kier alpha value is -0.950. The van der Waals surface area contributed by atoms with Gasteiger partial charge in [0, 0.05) is 13.2 Å². The smallest absolute Gasteiger partial charge is 0.331 e. The van der Waals surface area contributed by atoms with Crippen LogP contribution < -0.4 is 0 Å². The molecule has 6 nitrogen and oxygen atoms in total. The third-order valence-corrected chi connectivity index (χ3v) is 3.12. The number of hydrogen-bond acceptors (Lipinski definition) is 6. The van der Waals surface area contributed by atoms with Gasteiger partial charge in [-0.2, -0.15) is 0 Å². The monoisotopic (exact) mass is 300 g/mol. The lowest BCUT2D eigenvalue weighted by molar-refractivity contribution is -0.212. The quantitative estimate of drug-likeness (QED) is 0.572. The number of carbonyl (C=O) groups is 1. The molecule has 0 aliphatic carbocycles. The average molecular weight is 300 g/mol. The van der Waals surface area contributed by atoms with E-state index in [4.69, 9.17) is 23.7 Å². The van der Waals surface area contributed by atoms with Gasteiger partial charge in [-0.3, -0.25) is 0 Å². The average Bonchev–Trinajstić information content (AvgIpc) is 2.62. The first-order chi connectivity index (χ1) is 9.61. The van der Waals surface area contributed by atoms with E-state index in [1.54, 1.807) is 7.11 Å². The van der Waals surface area contributed by atoms with Gasteiger partial charge in [-0.1, -0.05) is 0 Å². The Morgan fingerprint density at radius 3 is 2.57 bits per heavy atom. The number of hydrogen-bond donors (Lipinski definition) is 0. The van der Waals surface area contributed by atoms with Crippen LogP contribution in [0.1, 0.15) is 34.6 Å². The van der Waals surface area contributed by atoms with E-state index in [0.29, 0.717) is 5.57 Å². The van der Waals surface area contributed by atoms with Crippen LogP contribution in [-0.2, 0) is 28.5 Å². The topological polar surface area (TPSA) is 63.2 Å². The van der Waals surface area contributed by atoms with Gasteiger partial charge in [0.15, 0.2) is 12.1 Å². The van der Waals surface area contributed by atoms with Gasteiger partial charge in [0.2, 0.25) is 0 Å². The largest absolute Gasteiger partial charge is 0.457 e. The molecule has 0 unspecified atom stereocenters. The molecule has 2 rings (SSSR count). The molecular formula is C15H24O6. The van der Waals surface area contributed by atoms with Crippen LogP contribution in [0.2, 0.25) is 0 Å². The molecule has 0 amide bonds. The fraction of sp³-hybridized carbons (Fsp3) is 0.800. The van der Waals surface area contributed by atoms with E-state index in [1.165, 1.54) is 6.08 Å². The van der Waals surface area contributed by atoms with Crippen molar-refractivity contribution in [3.8, 4) is 0 Å². The van der Waals surface area contributed by atoms with Crippen molar-refractivity contribution >= 4 is 5.97 Å². The van der Waals surface area contributed by atoms with E-state index in [-0.39, 0.29) is 12.7 Å². The minimum absolute atomic E-state index is 0.248. The van der Waals surface area contributed by atoms with Crippen molar-refractivity contribution in [1.29, 1.82) is 0 Å². The third kappa shape index (κ3) is 4.03.